The van der Waals surface area contributed by atoms with Crippen molar-refractivity contribution in [1.82, 2.24) is 0 Å². The third kappa shape index (κ3) is 3.17. The number of benzene rings is 2. The van der Waals surface area contributed by atoms with Gasteiger partial charge in [-0.25, -0.2) is 13.4 Å². The summed E-state index contributed by atoms with van der Waals surface area (Å²) in [5.41, 5.74) is 1.00. The summed E-state index contributed by atoms with van der Waals surface area (Å²) >= 11 is 0. The van der Waals surface area contributed by atoms with Gasteiger partial charge in [-0.2, -0.15) is 0 Å². The molecular weight excluding hydrogens is 305 g/mol. The molecule has 0 N–H and O–H groups in total. The predicted octanol–water partition coefficient (Wildman–Crippen LogP) is 3.08. The second kappa shape index (κ2) is 6.70. The number of hydrogen-bond acceptors (Lipinski definition) is 3. The van der Waals surface area contributed by atoms with Crippen LogP contribution in [0.4, 0.5) is 10.1 Å². The van der Waals surface area contributed by atoms with Crippen molar-refractivity contribution in [2.75, 3.05) is 18.5 Å². The summed E-state index contributed by atoms with van der Waals surface area (Å²) < 4.78 is 32.6. The Kier molecular flexibility index (Phi) is 4.92. The largest absolute Gasteiger partial charge is 0.465 e. The highest BCUT2D eigenvalue weighted by Gasteiger charge is 2.22. The summed E-state index contributed by atoms with van der Waals surface area (Å²) in [6.45, 7) is 1.56. The van der Waals surface area contributed by atoms with E-state index in [0.717, 1.165) is 11.8 Å². The molecule has 0 aromatic heterocycles. The fourth-order valence-corrected chi connectivity index (χ4v) is 3.17. The lowest BCUT2D eigenvalue weighted by Gasteiger charge is -2.20. The Balaban J connectivity index is 2.49. The Labute approximate surface area is 131 Å². The molecule has 2 aromatic rings. The Morgan fingerprint density at radius 3 is 2.45 bits per heavy atom. The van der Waals surface area contributed by atoms with Crippen LogP contribution >= 0.6 is 0 Å². The molecule has 2 rings (SSSR count). The van der Waals surface area contributed by atoms with E-state index in [9.17, 15) is 13.4 Å². The minimum absolute atomic E-state index is 0.0354. The quantitative estimate of drug-likeness (QED) is 0.813. The monoisotopic (exact) mass is 321 g/mol. The van der Waals surface area contributed by atoms with Crippen LogP contribution in [0, 0.1) is 12.7 Å². The van der Waals surface area contributed by atoms with Crippen LogP contribution in [0.15, 0.2) is 47.4 Å². The number of carbonyl (C=O) groups is 1. The number of nitrogens with zero attached hydrogens (tertiary/aromatic N) is 1. The van der Waals surface area contributed by atoms with Crippen molar-refractivity contribution >= 4 is 22.6 Å². The van der Waals surface area contributed by atoms with Crippen molar-refractivity contribution in [2.45, 2.75) is 11.8 Å². The van der Waals surface area contributed by atoms with Gasteiger partial charge in [0.25, 0.3) is 0 Å². The van der Waals surface area contributed by atoms with E-state index in [2.05, 4.69) is 4.74 Å². The van der Waals surface area contributed by atoms with E-state index in [4.69, 9.17) is 0 Å². The Morgan fingerprint density at radius 2 is 1.86 bits per heavy atom. The zero-order valence-electron chi connectivity index (χ0n) is 12.5. The maximum absolute atomic E-state index is 13.7. The van der Waals surface area contributed by atoms with Crippen molar-refractivity contribution in [3.05, 3.63) is 59.4 Å². The number of carbonyl (C=O) groups excluding carboxylic acids is 1. The maximum Gasteiger partial charge on any atom is 0.339 e. The van der Waals surface area contributed by atoms with Gasteiger partial charge in [0.2, 0.25) is 0 Å². The highest BCUT2D eigenvalue weighted by atomic mass is 32.2. The zero-order valence-corrected chi connectivity index (χ0v) is 13.3. The number of rotatable bonds is 4. The van der Waals surface area contributed by atoms with Gasteiger partial charge in [0.1, 0.15) is 5.82 Å². The van der Waals surface area contributed by atoms with E-state index < -0.39 is 22.8 Å². The van der Waals surface area contributed by atoms with Gasteiger partial charge in [-0.3, -0.25) is 4.31 Å². The number of ether oxygens (including phenoxy) is 1. The van der Waals surface area contributed by atoms with Gasteiger partial charge in [-0.1, -0.05) is 18.2 Å². The molecule has 0 saturated heterocycles. The average molecular weight is 321 g/mol. The average Bonchev–Trinajstić information content (AvgIpc) is 2.55. The van der Waals surface area contributed by atoms with Crippen molar-refractivity contribution in [3.8, 4) is 0 Å². The topological polar surface area (TPSA) is 46.6 Å². The van der Waals surface area contributed by atoms with Gasteiger partial charge in [-0.15, -0.1) is 0 Å². The lowest BCUT2D eigenvalue weighted by atomic mass is 10.1. The summed E-state index contributed by atoms with van der Waals surface area (Å²) in [7, 11) is 1.18. The van der Waals surface area contributed by atoms with Gasteiger partial charge < -0.3 is 4.74 Å². The van der Waals surface area contributed by atoms with Crippen LogP contribution in [0.2, 0.25) is 0 Å². The van der Waals surface area contributed by atoms with Gasteiger partial charge in [0.15, 0.2) is 11.0 Å². The first-order valence-corrected chi connectivity index (χ1v) is 7.65. The van der Waals surface area contributed by atoms with Gasteiger partial charge in [0.05, 0.1) is 17.6 Å². The second-order valence-electron chi connectivity index (χ2n) is 4.67. The van der Waals surface area contributed by atoms with E-state index >= 15 is 0 Å². The Morgan fingerprint density at radius 1 is 1.23 bits per heavy atom. The molecule has 0 spiro atoms. The first-order chi connectivity index (χ1) is 10.5. The third-order valence-electron chi connectivity index (χ3n) is 3.22. The summed E-state index contributed by atoms with van der Waals surface area (Å²) in [6, 6.07) is 11.6. The molecule has 6 heteroatoms. The van der Waals surface area contributed by atoms with Crippen molar-refractivity contribution in [2.24, 2.45) is 0 Å². The Hall–Kier alpha value is -2.21. The predicted molar refractivity (Wildman–Crippen MR) is 83.7 cm³/mol. The third-order valence-corrected chi connectivity index (χ3v) is 4.65. The fraction of sp³-hybridized carbons (Fsp3) is 0.188. The van der Waals surface area contributed by atoms with Crippen LogP contribution < -0.4 is 4.31 Å². The van der Waals surface area contributed by atoms with E-state index in [1.165, 1.54) is 17.5 Å². The SMILES string of the molecule is COC(=O)c1cc(F)c(C)cc1S(=O)N(C)c1ccccc1. The van der Waals surface area contributed by atoms with Gasteiger partial charge >= 0.3 is 5.97 Å². The molecular formula is C16H16FNO3S. The molecule has 4 nitrogen and oxygen atoms in total. The molecule has 0 radical (unpaired) electrons. The van der Waals surface area contributed by atoms with Crippen LogP contribution in [-0.2, 0) is 15.7 Å². The molecule has 0 aliphatic carbocycles. The van der Waals surface area contributed by atoms with E-state index in [1.54, 1.807) is 26.1 Å². The maximum atomic E-state index is 13.7. The minimum atomic E-state index is -1.67. The smallest absolute Gasteiger partial charge is 0.339 e. The molecule has 0 bridgehead atoms. The standard InChI is InChI=1S/C16H16FNO3S/c1-11-9-15(13(10-14(11)17)16(19)21-3)22(20)18(2)12-7-5-4-6-8-12/h4-10H,1-3H3. The number of para-hydroxylation sites is 1. The minimum Gasteiger partial charge on any atom is -0.465 e. The van der Waals surface area contributed by atoms with Crippen LogP contribution in [0.5, 0.6) is 0 Å². The van der Waals surface area contributed by atoms with Crippen molar-refractivity contribution in [3.63, 3.8) is 0 Å². The van der Waals surface area contributed by atoms with Crippen molar-refractivity contribution in [1.29, 1.82) is 0 Å². The van der Waals surface area contributed by atoms with Crippen LogP contribution in [-0.4, -0.2) is 24.3 Å². The van der Waals surface area contributed by atoms with Crippen LogP contribution in [0.25, 0.3) is 0 Å². The highest BCUT2D eigenvalue weighted by Crippen LogP contribution is 2.24. The number of hydrogen-bond donors (Lipinski definition) is 0. The summed E-state index contributed by atoms with van der Waals surface area (Å²) in [4.78, 5) is 12.0. The van der Waals surface area contributed by atoms with Crippen LogP contribution in [0.1, 0.15) is 15.9 Å². The van der Waals surface area contributed by atoms with Crippen LogP contribution in [0.3, 0.4) is 0 Å². The molecule has 116 valence electrons. The molecule has 0 fully saturated rings. The number of anilines is 1. The molecule has 0 aliphatic rings. The fourth-order valence-electron chi connectivity index (χ4n) is 1.95. The lowest BCUT2D eigenvalue weighted by Crippen LogP contribution is -2.22. The number of esters is 1. The first kappa shape index (κ1) is 16.2. The van der Waals surface area contributed by atoms with Gasteiger partial charge in [-0.05, 0) is 36.8 Å². The molecule has 0 aliphatic heterocycles. The lowest BCUT2D eigenvalue weighted by molar-refractivity contribution is 0.0596. The van der Waals surface area contributed by atoms with Crippen molar-refractivity contribution < 1.29 is 18.1 Å². The number of aryl methyl sites for hydroxylation is 1. The van der Waals surface area contributed by atoms with E-state index in [1.807, 2.05) is 18.2 Å². The molecule has 0 heterocycles. The highest BCUT2D eigenvalue weighted by molar-refractivity contribution is 7.86. The molecule has 1 atom stereocenters. The second-order valence-corrected chi connectivity index (χ2v) is 6.16. The van der Waals surface area contributed by atoms with E-state index in [-0.39, 0.29) is 10.5 Å². The molecule has 2 aromatic carbocycles. The molecule has 0 amide bonds. The normalized spacial score (nSPS) is 11.8. The molecule has 0 saturated carbocycles. The Bertz CT molecular complexity index is 719. The number of methoxy groups -OCH3 is 1. The molecule has 1 unspecified atom stereocenters. The summed E-state index contributed by atoms with van der Waals surface area (Å²) in [5.74, 6) is -1.26. The van der Waals surface area contributed by atoms with E-state index in [0.29, 0.717) is 5.56 Å². The number of halogens is 1. The first-order valence-electron chi connectivity index (χ1n) is 6.55. The summed E-state index contributed by atoms with van der Waals surface area (Å²) in [6.07, 6.45) is 0. The zero-order chi connectivity index (χ0) is 16.3. The molecule has 22 heavy (non-hydrogen) atoms. The van der Waals surface area contributed by atoms with Gasteiger partial charge in [0, 0.05) is 12.7 Å². The summed E-state index contributed by atoms with van der Waals surface area (Å²) in [5, 5.41) is 0.